The first-order chi connectivity index (χ1) is 8.03. The molecule has 6 heteroatoms. The largest absolute Gasteiger partial charge is 0.261 e. The number of rotatable bonds is 3. The molecule has 0 aliphatic carbocycles. The van der Waals surface area contributed by atoms with Crippen molar-refractivity contribution >= 4 is 9.84 Å². The van der Waals surface area contributed by atoms with Gasteiger partial charge in [0, 0.05) is 0 Å². The van der Waals surface area contributed by atoms with Gasteiger partial charge in [-0.25, -0.2) is 8.42 Å². The van der Waals surface area contributed by atoms with E-state index in [-0.39, 0.29) is 15.8 Å². The highest BCUT2D eigenvalue weighted by Gasteiger charge is 2.26. The van der Waals surface area contributed by atoms with Gasteiger partial charge in [0.05, 0.1) is 10.6 Å². The maximum absolute atomic E-state index is 12.3. The smallest absolute Gasteiger partial charge is 0.227 e. The Morgan fingerprint density at radius 2 is 1.82 bits per heavy atom. The highest BCUT2D eigenvalue weighted by molar-refractivity contribution is 7.91. The van der Waals surface area contributed by atoms with Gasteiger partial charge < -0.3 is 0 Å². The summed E-state index contributed by atoms with van der Waals surface area (Å²) in [6, 6.07) is 8.23. The lowest BCUT2D eigenvalue weighted by Gasteiger charge is -2.05. The zero-order valence-corrected chi connectivity index (χ0v) is 10.4. The van der Waals surface area contributed by atoms with Crippen LogP contribution >= 0.6 is 0 Å². The number of H-pyrrole nitrogens is 1. The number of hydrogen-bond acceptors (Lipinski definition) is 4. The van der Waals surface area contributed by atoms with Crippen molar-refractivity contribution < 1.29 is 8.42 Å². The first-order valence-corrected chi connectivity index (χ1v) is 6.73. The maximum Gasteiger partial charge on any atom is 0.227 e. The zero-order valence-electron chi connectivity index (χ0n) is 9.58. The average molecular weight is 251 g/mol. The molecule has 1 heterocycles. The second-order valence-corrected chi connectivity index (χ2v) is 5.87. The van der Waals surface area contributed by atoms with Gasteiger partial charge in [0.25, 0.3) is 0 Å². The topological polar surface area (TPSA) is 75.7 Å². The Hall–Kier alpha value is -1.69. The molecule has 0 aliphatic heterocycles. The van der Waals surface area contributed by atoms with E-state index in [0.717, 1.165) is 0 Å². The van der Waals surface area contributed by atoms with E-state index in [1.165, 1.54) is 0 Å². The number of hydrogen-bond donors (Lipinski definition) is 1. The Labute approximate surface area is 99.8 Å². The molecule has 0 bridgehead atoms. The van der Waals surface area contributed by atoms with Crippen LogP contribution in [0.3, 0.4) is 0 Å². The summed E-state index contributed by atoms with van der Waals surface area (Å²) in [7, 11) is -3.58. The number of nitrogens with one attached hydrogen (secondary N) is 1. The molecule has 0 atom stereocenters. The van der Waals surface area contributed by atoms with Gasteiger partial charge in [-0.1, -0.05) is 37.3 Å². The Morgan fingerprint density at radius 3 is 2.41 bits per heavy atom. The molecule has 1 aromatic heterocycles. The van der Waals surface area contributed by atoms with Crippen molar-refractivity contribution in [2.75, 3.05) is 0 Å². The van der Waals surface area contributed by atoms with Gasteiger partial charge in [0.2, 0.25) is 14.9 Å². The fourth-order valence-corrected chi connectivity index (χ4v) is 2.97. The second kappa shape index (κ2) is 4.29. The third kappa shape index (κ3) is 2.08. The molecule has 2 rings (SSSR count). The van der Waals surface area contributed by atoms with E-state index in [2.05, 4.69) is 15.4 Å². The second-order valence-electron chi connectivity index (χ2n) is 4.00. The van der Waals surface area contributed by atoms with Gasteiger partial charge in [-0.15, -0.1) is 5.10 Å². The van der Waals surface area contributed by atoms with Crippen LogP contribution < -0.4 is 0 Å². The van der Waals surface area contributed by atoms with E-state index in [0.29, 0.717) is 5.69 Å². The molecule has 2 aromatic rings. The van der Waals surface area contributed by atoms with Crippen LogP contribution in [0.15, 0.2) is 40.3 Å². The summed E-state index contributed by atoms with van der Waals surface area (Å²) in [6.07, 6.45) is 0. The number of benzene rings is 1. The summed E-state index contributed by atoms with van der Waals surface area (Å²) in [4.78, 5) is 0.232. The van der Waals surface area contributed by atoms with Crippen LogP contribution in [0.4, 0.5) is 0 Å². The first kappa shape index (κ1) is 11.8. The van der Waals surface area contributed by atoms with Crippen LogP contribution in [-0.2, 0) is 9.84 Å². The van der Waals surface area contributed by atoms with Crippen molar-refractivity contribution in [3.05, 3.63) is 36.0 Å². The molecule has 17 heavy (non-hydrogen) atoms. The van der Waals surface area contributed by atoms with E-state index in [9.17, 15) is 8.42 Å². The van der Waals surface area contributed by atoms with Gasteiger partial charge >= 0.3 is 0 Å². The van der Waals surface area contributed by atoms with Gasteiger partial charge in [0.15, 0.2) is 0 Å². The third-order valence-corrected chi connectivity index (χ3v) is 4.13. The summed E-state index contributed by atoms with van der Waals surface area (Å²) in [5.41, 5.74) is 0.536. The minimum Gasteiger partial charge on any atom is -0.261 e. The summed E-state index contributed by atoms with van der Waals surface area (Å²) >= 11 is 0. The van der Waals surface area contributed by atoms with Crippen LogP contribution in [0.25, 0.3) is 0 Å². The van der Waals surface area contributed by atoms with Crippen LogP contribution in [-0.4, -0.2) is 23.8 Å². The molecular weight excluding hydrogens is 238 g/mol. The summed E-state index contributed by atoms with van der Waals surface area (Å²) in [6.45, 7) is 3.78. The summed E-state index contributed by atoms with van der Waals surface area (Å²) in [5, 5.41) is 9.93. The molecule has 0 saturated heterocycles. The molecule has 90 valence electrons. The Morgan fingerprint density at radius 1 is 1.18 bits per heavy atom. The molecule has 0 fully saturated rings. The number of nitrogens with zero attached hydrogens (tertiary/aromatic N) is 2. The normalized spacial score (nSPS) is 11.9. The standard InChI is InChI=1S/C11H13N3O2S/c1-8(2)10-11(13-14-12-10)17(15,16)9-6-4-3-5-7-9/h3-8H,1-2H3,(H,12,13,14). The molecule has 0 spiro atoms. The predicted molar refractivity (Wildman–Crippen MR) is 62.4 cm³/mol. The van der Waals surface area contributed by atoms with Gasteiger partial charge in [-0.2, -0.15) is 0 Å². The Kier molecular flexibility index (Phi) is 2.97. The van der Waals surface area contributed by atoms with Gasteiger partial charge in [-0.3, -0.25) is 5.10 Å². The first-order valence-electron chi connectivity index (χ1n) is 5.24. The molecule has 0 saturated carbocycles. The molecule has 5 nitrogen and oxygen atoms in total. The number of aromatic amines is 1. The highest BCUT2D eigenvalue weighted by atomic mass is 32.2. The van der Waals surface area contributed by atoms with Gasteiger partial charge in [0.1, 0.15) is 0 Å². The predicted octanol–water partition coefficient (Wildman–Crippen LogP) is 1.76. The van der Waals surface area contributed by atoms with E-state index in [1.807, 2.05) is 13.8 Å². The Balaban J connectivity index is 2.57. The highest BCUT2D eigenvalue weighted by Crippen LogP contribution is 2.24. The minimum absolute atomic E-state index is 0.0127. The van der Waals surface area contributed by atoms with Crippen molar-refractivity contribution in [3.8, 4) is 0 Å². The van der Waals surface area contributed by atoms with Gasteiger partial charge in [-0.05, 0) is 18.1 Å². The zero-order chi connectivity index (χ0) is 12.5. The SMILES string of the molecule is CC(C)c1[nH]nnc1S(=O)(=O)c1ccccc1. The summed E-state index contributed by atoms with van der Waals surface area (Å²) in [5.74, 6) is 0.0264. The molecule has 0 unspecified atom stereocenters. The fourth-order valence-electron chi connectivity index (χ4n) is 1.51. The van der Waals surface area contributed by atoms with Crippen molar-refractivity contribution in [2.24, 2.45) is 0 Å². The molecule has 1 aromatic carbocycles. The lowest BCUT2D eigenvalue weighted by molar-refractivity contribution is 0.589. The monoisotopic (exact) mass is 251 g/mol. The van der Waals surface area contributed by atoms with Crippen LogP contribution in [0, 0.1) is 0 Å². The summed E-state index contributed by atoms with van der Waals surface area (Å²) < 4.78 is 24.6. The Bertz CT molecular complexity index is 603. The number of sulfone groups is 1. The maximum atomic E-state index is 12.3. The molecular formula is C11H13N3O2S. The van der Waals surface area contributed by atoms with E-state index >= 15 is 0 Å². The van der Waals surface area contributed by atoms with Crippen molar-refractivity contribution in [3.63, 3.8) is 0 Å². The lowest BCUT2D eigenvalue weighted by atomic mass is 10.2. The lowest BCUT2D eigenvalue weighted by Crippen LogP contribution is -2.06. The van der Waals surface area contributed by atoms with Crippen molar-refractivity contribution in [2.45, 2.75) is 29.7 Å². The van der Waals surface area contributed by atoms with Crippen LogP contribution in [0.2, 0.25) is 0 Å². The van der Waals surface area contributed by atoms with Crippen LogP contribution in [0.1, 0.15) is 25.5 Å². The number of aromatic nitrogens is 3. The molecule has 0 aliphatic rings. The minimum atomic E-state index is -3.58. The third-order valence-electron chi connectivity index (χ3n) is 2.43. The fraction of sp³-hybridized carbons (Fsp3) is 0.273. The quantitative estimate of drug-likeness (QED) is 0.901. The molecule has 0 radical (unpaired) electrons. The van der Waals surface area contributed by atoms with E-state index in [1.54, 1.807) is 30.3 Å². The van der Waals surface area contributed by atoms with E-state index < -0.39 is 9.84 Å². The molecule has 1 N–H and O–H groups in total. The average Bonchev–Trinajstić information content (AvgIpc) is 2.80. The molecule has 0 amide bonds. The van der Waals surface area contributed by atoms with Crippen molar-refractivity contribution in [1.29, 1.82) is 0 Å². The van der Waals surface area contributed by atoms with E-state index in [4.69, 9.17) is 0 Å². The van der Waals surface area contributed by atoms with Crippen molar-refractivity contribution in [1.82, 2.24) is 15.4 Å². The van der Waals surface area contributed by atoms with Crippen LogP contribution in [0.5, 0.6) is 0 Å².